The number of esters is 3. The Morgan fingerprint density at radius 2 is 1.14 bits per heavy atom. The lowest BCUT2D eigenvalue weighted by Crippen LogP contribution is -2.33. The predicted molar refractivity (Wildman–Crippen MR) is 161 cm³/mol. The molecule has 0 aliphatic carbocycles. The van der Waals surface area contributed by atoms with Gasteiger partial charge in [-0.25, -0.2) is 23.2 Å². The molecular weight excluding hydrogens is 650 g/mol. The summed E-state index contributed by atoms with van der Waals surface area (Å²) in [7, 11) is 0. The van der Waals surface area contributed by atoms with Crippen LogP contribution in [0.15, 0.2) is 97.1 Å². The van der Waals surface area contributed by atoms with Crippen molar-refractivity contribution in [2.75, 3.05) is 0 Å². The molecule has 1 spiro atoms. The molecule has 2 aliphatic heterocycles. The smallest absolute Gasteiger partial charge is 0.346 e. The molecule has 242 valence electrons. The number of nitro benzene ring substituents is 2. The number of nitrogens with zero attached hydrogens (tertiary/aromatic N) is 2. The molecule has 0 bridgehead atoms. The Morgan fingerprint density at radius 1 is 0.653 bits per heavy atom. The number of hydrogen-bond donors (Lipinski definition) is 0. The molecule has 0 amide bonds. The highest BCUT2D eigenvalue weighted by molar-refractivity contribution is 5.97. The van der Waals surface area contributed by atoms with Crippen LogP contribution in [0.5, 0.6) is 23.0 Å². The van der Waals surface area contributed by atoms with Crippen molar-refractivity contribution in [2.45, 2.75) is 5.60 Å². The van der Waals surface area contributed by atoms with Crippen molar-refractivity contribution in [2.24, 2.45) is 0 Å². The van der Waals surface area contributed by atoms with Crippen molar-refractivity contribution in [3.05, 3.63) is 162 Å². The minimum Gasteiger partial charge on any atom is -0.456 e. The van der Waals surface area contributed by atoms with Crippen LogP contribution < -0.4 is 14.2 Å². The van der Waals surface area contributed by atoms with Crippen LogP contribution in [0, 0.1) is 31.9 Å². The Kier molecular flexibility index (Phi) is 7.09. The van der Waals surface area contributed by atoms with Gasteiger partial charge in [-0.1, -0.05) is 18.2 Å². The van der Waals surface area contributed by atoms with E-state index in [0.29, 0.717) is 16.7 Å². The minimum atomic E-state index is -1.61. The SMILES string of the molecule is O=C(Oc1ccc2c(c1)Oc1cc(OC(=O)c3cc([N+](=O)[O-])ccc3F)ccc1C21OC(=O)c2ccccc21)c1cc([N+](=O)[O-])ccc1F. The van der Waals surface area contributed by atoms with Crippen LogP contribution in [-0.4, -0.2) is 27.8 Å². The van der Waals surface area contributed by atoms with E-state index < -0.39 is 67.5 Å². The first-order valence-electron chi connectivity index (χ1n) is 14.1. The summed E-state index contributed by atoms with van der Waals surface area (Å²) in [6.07, 6.45) is 0. The van der Waals surface area contributed by atoms with Crippen molar-refractivity contribution in [3.63, 3.8) is 0 Å². The average molecular weight is 667 g/mol. The second-order valence-electron chi connectivity index (χ2n) is 10.7. The maximum absolute atomic E-state index is 14.4. The van der Waals surface area contributed by atoms with Gasteiger partial charge in [0.1, 0.15) is 45.8 Å². The molecule has 0 atom stereocenters. The van der Waals surface area contributed by atoms with Gasteiger partial charge in [0, 0.05) is 53.1 Å². The van der Waals surface area contributed by atoms with Gasteiger partial charge in [-0.3, -0.25) is 20.2 Å². The molecule has 0 radical (unpaired) electrons. The number of hydrogen-bond acceptors (Lipinski definition) is 11. The number of benzene rings is 5. The monoisotopic (exact) mass is 666 g/mol. The van der Waals surface area contributed by atoms with Crippen molar-refractivity contribution in [3.8, 4) is 23.0 Å². The summed E-state index contributed by atoms with van der Waals surface area (Å²) in [6.45, 7) is 0. The van der Waals surface area contributed by atoms with Crippen LogP contribution in [0.3, 0.4) is 0 Å². The Balaban J connectivity index is 1.29. The molecule has 15 heteroatoms. The number of rotatable bonds is 6. The zero-order valence-corrected chi connectivity index (χ0v) is 24.4. The summed E-state index contributed by atoms with van der Waals surface area (Å²) < 4.78 is 51.7. The summed E-state index contributed by atoms with van der Waals surface area (Å²) in [4.78, 5) is 59.6. The molecule has 0 saturated carbocycles. The second-order valence-corrected chi connectivity index (χ2v) is 10.7. The van der Waals surface area contributed by atoms with Crippen molar-refractivity contribution in [1.29, 1.82) is 0 Å². The molecular formula is C34H16F2N2O11. The number of nitro groups is 2. The van der Waals surface area contributed by atoms with Crippen molar-refractivity contribution >= 4 is 29.3 Å². The highest BCUT2D eigenvalue weighted by atomic mass is 19.1. The maximum Gasteiger partial charge on any atom is 0.346 e. The van der Waals surface area contributed by atoms with Crippen LogP contribution >= 0.6 is 0 Å². The van der Waals surface area contributed by atoms with E-state index in [1.54, 1.807) is 24.3 Å². The topological polar surface area (TPSA) is 174 Å². The lowest BCUT2D eigenvalue weighted by molar-refractivity contribution is -0.385. The quantitative estimate of drug-likeness (QED) is 0.0808. The fourth-order valence-corrected chi connectivity index (χ4v) is 5.65. The van der Waals surface area contributed by atoms with Gasteiger partial charge in [0.2, 0.25) is 0 Å². The van der Waals surface area contributed by atoms with Gasteiger partial charge in [0.15, 0.2) is 5.60 Å². The van der Waals surface area contributed by atoms with Crippen LogP contribution in [0.1, 0.15) is 47.8 Å². The normalized spacial score (nSPS) is 13.3. The fraction of sp³-hybridized carbons (Fsp3) is 0.0294. The third-order valence-electron chi connectivity index (χ3n) is 7.84. The third-order valence-corrected chi connectivity index (χ3v) is 7.84. The van der Waals surface area contributed by atoms with E-state index in [-0.39, 0.29) is 28.6 Å². The summed E-state index contributed by atoms with van der Waals surface area (Å²) in [5.74, 6) is -5.62. The van der Waals surface area contributed by atoms with Gasteiger partial charge in [0.05, 0.1) is 15.4 Å². The lowest BCUT2D eigenvalue weighted by Gasteiger charge is -2.36. The standard InChI is InChI=1S/C34H16F2N2O11/c35-27-11-5-17(37(42)43)13-22(27)31(39)46-19-7-9-25-29(15-19)48-30-16-20(47-32(40)23-14-18(38(44)45)6-12-28(23)36)8-10-26(30)34(25)24-4-2-1-3-21(24)33(41)49-34/h1-16H. The van der Waals surface area contributed by atoms with Crippen LogP contribution in [-0.2, 0) is 10.3 Å². The Labute approximate surface area is 272 Å². The molecule has 0 N–H and O–H groups in total. The Bertz CT molecular complexity index is 2180. The number of carbonyl (C=O) groups excluding carboxylic acids is 3. The Morgan fingerprint density at radius 3 is 1.63 bits per heavy atom. The summed E-state index contributed by atoms with van der Waals surface area (Å²) >= 11 is 0. The average Bonchev–Trinajstić information content (AvgIpc) is 3.37. The zero-order chi connectivity index (χ0) is 34.6. The van der Waals surface area contributed by atoms with E-state index in [4.69, 9.17) is 18.9 Å². The van der Waals surface area contributed by atoms with Gasteiger partial charge in [-0.2, -0.15) is 0 Å². The van der Waals surface area contributed by atoms with Crippen LogP contribution in [0.4, 0.5) is 20.2 Å². The van der Waals surface area contributed by atoms with E-state index >= 15 is 0 Å². The van der Waals surface area contributed by atoms with Gasteiger partial charge in [-0.05, 0) is 42.5 Å². The molecule has 0 unspecified atom stereocenters. The number of halogens is 2. The van der Waals surface area contributed by atoms with Crippen LogP contribution in [0.25, 0.3) is 0 Å². The molecule has 0 fully saturated rings. The van der Waals surface area contributed by atoms with Crippen molar-refractivity contribution in [1.82, 2.24) is 0 Å². The predicted octanol–water partition coefficient (Wildman–Crippen LogP) is 6.79. The van der Waals surface area contributed by atoms with Crippen LogP contribution in [0.2, 0.25) is 0 Å². The summed E-state index contributed by atoms with van der Waals surface area (Å²) in [5, 5.41) is 22.3. The number of non-ortho nitro benzene ring substituents is 2. The van der Waals surface area contributed by atoms with E-state index in [1.165, 1.54) is 36.4 Å². The van der Waals surface area contributed by atoms with E-state index in [0.717, 1.165) is 36.4 Å². The zero-order valence-electron chi connectivity index (χ0n) is 24.4. The molecule has 0 saturated heterocycles. The maximum atomic E-state index is 14.4. The first-order chi connectivity index (χ1) is 23.5. The van der Waals surface area contributed by atoms with Gasteiger partial charge >= 0.3 is 17.9 Å². The molecule has 0 aromatic heterocycles. The van der Waals surface area contributed by atoms with Gasteiger partial charge < -0.3 is 18.9 Å². The highest BCUT2D eigenvalue weighted by Gasteiger charge is 2.53. The molecule has 49 heavy (non-hydrogen) atoms. The molecule has 2 aliphatic rings. The number of fused-ring (bicyclic) bond motifs is 6. The largest absolute Gasteiger partial charge is 0.456 e. The van der Waals surface area contributed by atoms with Gasteiger partial charge in [-0.15, -0.1) is 0 Å². The minimum absolute atomic E-state index is 0.00461. The molecule has 2 heterocycles. The highest BCUT2D eigenvalue weighted by Crippen LogP contribution is 2.57. The first-order valence-corrected chi connectivity index (χ1v) is 14.1. The summed E-state index contributed by atoms with van der Waals surface area (Å²) in [6, 6.07) is 19.4. The second kappa shape index (κ2) is 11.3. The molecule has 13 nitrogen and oxygen atoms in total. The molecule has 7 rings (SSSR count). The van der Waals surface area contributed by atoms with E-state index in [2.05, 4.69) is 0 Å². The van der Waals surface area contributed by atoms with E-state index in [9.17, 15) is 43.4 Å². The van der Waals surface area contributed by atoms with Crippen molar-refractivity contribution < 1.29 is 52.0 Å². The lowest BCUT2D eigenvalue weighted by atomic mass is 9.77. The number of carbonyl (C=O) groups is 3. The first kappa shape index (κ1) is 30.6. The number of ether oxygens (including phenoxy) is 4. The molecule has 5 aromatic carbocycles. The Hall–Kier alpha value is -7.03. The van der Waals surface area contributed by atoms with Gasteiger partial charge in [0.25, 0.3) is 11.4 Å². The summed E-state index contributed by atoms with van der Waals surface area (Å²) in [5.41, 5.74) is -2.81. The molecule has 5 aromatic rings. The van der Waals surface area contributed by atoms with E-state index in [1.807, 2.05) is 0 Å². The fourth-order valence-electron chi connectivity index (χ4n) is 5.65. The third kappa shape index (κ3) is 5.05.